The molecule has 0 amide bonds. The molecule has 5 nitrogen and oxygen atoms in total. The van der Waals surface area contributed by atoms with E-state index in [0.29, 0.717) is 0 Å². The molecule has 0 saturated carbocycles. The van der Waals surface area contributed by atoms with Crippen LogP contribution in [-0.2, 0) is 0 Å². The monoisotopic (exact) mass is 468 g/mol. The number of unbranched alkanes of at least 4 members (excludes halogenated alkanes) is 1. The predicted octanol–water partition coefficient (Wildman–Crippen LogP) is 6.89. The summed E-state index contributed by atoms with van der Waals surface area (Å²) in [5, 5.41) is 7.94. The van der Waals surface area contributed by atoms with Crippen molar-refractivity contribution in [3.63, 3.8) is 0 Å². The van der Waals surface area contributed by atoms with Crippen molar-refractivity contribution in [2.75, 3.05) is 18.9 Å². The number of benzene rings is 2. The molecule has 4 aromatic rings. The van der Waals surface area contributed by atoms with E-state index in [-0.39, 0.29) is 0 Å². The zero-order valence-corrected chi connectivity index (χ0v) is 22.0. The van der Waals surface area contributed by atoms with E-state index in [2.05, 4.69) is 67.2 Å². The van der Waals surface area contributed by atoms with Crippen LogP contribution < -0.4 is 5.32 Å². The quantitative estimate of drug-likeness (QED) is 0.145. The zero-order valence-electron chi connectivity index (χ0n) is 22.0. The highest BCUT2D eigenvalue weighted by Gasteiger charge is 2.11. The average Bonchev–Trinajstić information content (AvgIpc) is 3.26. The van der Waals surface area contributed by atoms with Crippen molar-refractivity contribution in [2.24, 2.45) is 0 Å². The second kappa shape index (κ2) is 13.7. The summed E-state index contributed by atoms with van der Waals surface area (Å²) in [5.74, 6) is 3.56. The molecule has 2 aromatic heterocycles. The van der Waals surface area contributed by atoms with Gasteiger partial charge in [0.05, 0.1) is 11.9 Å². The molecule has 0 bridgehead atoms. The molecule has 0 saturated heterocycles. The van der Waals surface area contributed by atoms with Crippen molar-refractivity contribution in [3.05, 3.63) is 77.5 Å². The zero-order chi connectivity index (χ0) is 25.8. The van der Waals surface area contributed by atoms with Gasteiger partial charge in [-0.05, 0) is 38.0 Å². The summed E-state index contributed by atoms with van der Waals surface area (Å²) in [7, 11) is 1.89. The van der Waals surface area contributed by atoms with Gasteiger partial charge in [0.25, 0.3) is 0 Å². The Labute approximate surface area is 210 Å². The molecule has 5 heteroatoms. The van der Waals surface area contributed by atoms with Crippen molar-refractivity contribution in [1.82, 2.24) is 14.6 Å². The number of nitrogens with zero attached hydrogens (tertiary/aromatic N) is 4. The van der Waals surface area contributed by atoms with Gasteiger partial charge < -0.3 is 5.32 Å². The fourth-order valence-corrected chi connectivity index (χ4v) is 3.40. The van der Waals surface area contributed by atoms with Gasteiger partial charge in [-0.1, -0.05) is 57.4 Å². The van der Waals surface area contributed by atoms with Crippen molar-refractivity contribution >= 4 is 23.9 Å². The Bertz CT molecular complexity index is 1280. The van der Waals surface area contributed by atoms with Crippen LogP contribution in [0, 0.1) is 26.2 Å². The van der Waals surface area contributed by atoms with Gasteiger partial charge in [0.1, 0.15) is 19.6 Å². The minimum Gasteiger partial charge on any atom is -0.370 e. The number of aryl methyl sites for hydroxylation is 2. The van der Waals surface area contributed by atoms with Gasteiger partial charge in [0, 0.05) is 41.4 Å². The smallest absolute Gasteiger partial charge is 0.204 e. The SMILES string of the molecule is C#Cc1ccc([N+](=C)C)cc1.CC.CCCCNc1cc(-c2ccccc2C)nc2c(C)cnn12. The van der Waals surface area contributed by atoms with Gasteiger partial charge in [0.15, 0.2) is 5.65 Å². The minimum atomic E-state index is 0.899. The third kappa shape index (κ3) is 7.28. The van der Waals surface area contributed by atoms with Crippen LogP contribution in [0.3, 0.4) is 0 Å². The fraction of sp³-hybridized carbons (Fsp3) is 0.300. The Morgan fingerprint density at radius 1 is 1.06 bits per heavy atom. The second-order valence-corrected chi connectivity index (χ2v) is 8.07. The van der Waals surface area contributed by atoms with E-state index < -0.39 is 0 Å². The summed E-state index contributed by atoms with van der Waals surface area (Å²) in [6.45, 7) is 15.1. The van der Waals surface area contributed by atoms with Gasteiger partial charge in [-0.3, -0.25) is 0 Å². The van der Waals surface area contributed by atoms with Gasteiger partial charge in [0.2, 0.25) is 5.69 Å². The number of terminal acetylenes is 1. The molecule has 0 spiro atoms. The van der Waals surface area contributed by atoms with Crippen LogP contribution >= 0.6 is 0 Å². The summed E-state index contributed by atoms with van der Waals surface area (Å²) >= 11 is 0. The van der Waals surface area contributed by atoms with Crippen molar-refractivity contribution in [2.45, 2.75) is 47.5 Å². The summed E-state index contributed by atoms with van der Waals surface area (Å²) in [6, 6.07) is 18.1. The molecule has 2 aromatic carbocycles. The molecule has 0 radical (unpaired) electrons. The van der Waals surface area contributed by atoms with Crippen LogP contribution in [0.15, 0.2) is 60.8 Å². The van der Waals surface area contributed by atoms with E-state index in [9.17, 15) is 0 Å². The van der Waals surface area contributed by atoms with Crippen LogP contribution in [0.5, 0.6) is 0 Å². The van der Waals surface area contributed by atoms with Gasteiger partial charge in [-0.15, -0.1) is 6.42 Å². The first-order valence-corrected chi connectivity index (χ1v) is 12.2. The van der Waals surface area contributed by atoms with Crippen LogP contribution in [0.4, 0.5) is 11.5 Å². The molecule has 0 aliphatic carbocycles. The minimum absolute atomic E-state index is 0.899. The lowest BCUT2D eigenvalue weighted by Gasteiger charge is -2.12. The summed E-state index contributed by atoms with van der Waals surface area (Å²) in [5.41, 5.74) is 7.36. The molecule has 4 rings (SSSR count). The van der Waals surface area contributed by atoms with Crippen LogP contribution in [0.2, 0.25) is 0 Å². The van der Waals surface area contributed by atoms with E-state index in [1.807, 2.05) is 62.8 Å². The van der Waals surface area contributed by atoms with Crippen molar-refractivity contribution in [1.29, 1.82) is 0 Å². The van der Waals surface area contributed by atoms with E-state index in [0.717, 1.165) is 46.9 Å². The topological polar surface area (TPSA) is 45.2 Å². The number of hydrogen-bond donors (Lipinski definition) is 1. The first kappa shape index (κ1) is 27.3. The average molecular weight is 469 g/mol. The van der Waals surface area contributed by atoms with Gasteiger partial charge >= 0.3 is 0 Å². The maximum Gasteiger partial charge on any atom is 0.204 e. The first-order chi connectivity index (χ1) is 16.9. The largest absolute Gasteiger partial charge is 0.370 e. The molecule has 2 heterocycles. The first-order valence-electron chi connectivity index (χ1n) is 12.2. The number of rotatable bonds is 6. The standard InChI is InChI=1S/C18H22N4.C10H10N.C2H6/c1-4-5-10-19-17-11-16(15-9-7-6-8-13(15)2)21-18-14(3)12-20-22(17)18;1-4-9-5-7-10(8-6-9)11(2)3;1-2/h6-9,11-12,19H,4-5,10H2,1-3H3;1,5-8H,2H2,3H3;1-2H3/q;+1;. The van der Waals surface area contributed by atoms with Gasteiger partial charge in [-0.2, -0.15) is 9.61 Å². The second-order valence-electron chi connectivity index (χ2n) is 8.07. The number of hydrogen-bond acceptors (Lipinski definition) is 3. The molecule has 35 heavy (non-hydrogen) atoms. The lowest BCUT2D eigenvalue weighted by atomic mass is 10.1. The Kier molecular flexibility index (Phi) is 10.7. The fourth-order valence-electron chi connectivity index (χ4n) is 3.40. The molecule has 0 aliphatic rings. The predicted molar refractivity (Wildman–Crippen MR) is 150 cm³/mol. The number of aromatic nitrogens is 3. The molecule has 182 valence electrons. The van der Waals surface area contributed by atoms with E-state index in [1.165, 1.54) is 17.5 Å². The van der Waals surface area contributed by atoms with Gasteiger partial charge in [-0.25, -0.2) is 9.56 Å². The third-order valence-electron chi connectivity index (χ3n) is 5.38. The lowest BCUT2D eigenvalue weighted by Crippen LogP contribution is -2.08. The highest BCUT2D eigenvalue weighted by Crippen LogP contribution is 2.26. The number of nitrogens with one attached hydrogen (secondary N) is 1. The van der Waals surface area contributed by atoms with Crippen LogP contribution in [0.1, 0.15) is 50.3 Å². The van der Waals surface area contributed by atoms with Crippen molar-refractivity contribution < 1.29 is 4.58 Å². The Balaban J connectivity index is 0.000000280. The van der Waals surface area contributed by atoms with E-state index in [4.69, 9.17) is 11.4 Å². The summed E-state index contributed by atoms with van der Waals surface area (Å²) in [4.78, 5) is 4.82. The molecule has 0 aliphatic heterocycles. The third-order valence-corrected chi connectivity index (χ3v) is 5.38. The molecule has 0 unspecified atom stereocenters. The highest BCUT2D eigenvalue weighted by atomic mass is 15.3. The number of anilines is 1. The Hall–Kier alpha value is -3.91. The molecule has 0 fully saturated rings. The molecule has 1 N–H and O–H groups in total. The van der Waals surface area contributed by atoms with E-state index >= 15 is 0 Å². The lowest BCUT2D eigenvalue weighted by molar-refractivity contribution is -0.394. The maximum absolute atomic E-state index is 5.20. The molecule has 0 atom stereocenters. The highest BCUT2D eigenvalue weighted by molar-refractivity contribution is 5.70. The summed E-state index contributed by atoms with van der Waals surface area (Å²) in [6.07, 6.45) is 9.38. The maximum atomic E-state index is 5.20. The Morgan fingerprint density at radius 3 is 2.34 bits per heavy atom. The van der Waals surface area contributed by atoms with E-state index in [1.54, 1.807) is 4.58 Å². The van der Waals surface area contributed by atoms with Crippen LogP contribution in [0.25, 0.3) is 16.9 Å². The van der Waals surface area contributed by atoms with Crippen molar-refractivity contribution in [3.8, 4) is 23.6 Å². The molecular weight excluding hydrogens is 430 g/mol. The number of fused-ring (bicyclic) bond motifs is 1. The summed E-state index contributed by atoms with van der Waals surface area (Å²) < 4.78 is 3.69. The normalized spacial score (nSPS) is 9.86. The Morgan fingerprint density at radius 2 is 1.74 bits per heavy atom. The molecular formula is C30H38N5+. The van der Waals surface area contributed by atoms with Crippen LogP contribution in [-0.4, -0.2) is 39.5 Å².